The van der Waals surface area contributed by atoms with Gasteiger partial charge in [-0.25, -0.2) is 14.0 Å². The van der Waals surface area contributed by atoms with Gasteiger partial charge in [-0.2, -0.15) is 5.26 Å². The zero-order valence-corrected chi connectivity index (χ0v) is 17.9. The third kappa shape index (κ3) is 6.95. The highest BCUT2D eigenvalue weighted by molar-refractivity contribution is 5.94. The molecule has 2 aromatic rings. The topological polar surface area (TPSA) is 85.6 Å². The molecule has 0 saturated heterocycles. The maximum atomic E-state index is 13.8. The zero-order chi connectivity index (χ0) is 23.4. The van der Waals surface area contributed by atoms with E-state index in [0.717, 1.165) is 25.0 Å². The summed E-state index contributed by atoms with van der Waals surface area (Å²) in [6, 6.07) is 14.9. The largest absolute Gasteiger partial charge is 0.493 e. The number of rotatable bonds is 12. The molecule has 1 atom stereocenters. The Hall–Kier alpha value is -3.66. The maximum absolute atomic E-state index is 13.8. The van der Waals surface area contributed by atoms with Crippen molar-refractivity contribution < 1.29 is 28.2 Å². The van der Waals surface area contributed by atoms with Crippen LogP contribution >= 0.6 is 0 Å². The lowest BCUT2D eigenvalue weighted by Crippen LogP contribution is -2.33. The van der Waals surface area contributed by atoms with Gasteiger partial charge in [-0.1, -0.05) is 38.1 Å². The van der Waals surface area contributed by atoms with Gasteiger partial charge in [0.2, 0.25) is 0 Å². The van der Waals surface area contributed by atoms with E-state index in [1.54, 1.807) is 18.2 Å². The summed E-state index contributed by atoms with van der Waals surface area (Å²) in [4.78, 5) is 24.2. The highest BCUT2D eigenvalue weighted by Gasteiger charge is 2.33. The molecule has 0 amide bonds. The summed E-state index contributed by atoms with van der Waals surface area (Å²) in [7, 11) is 0. The lowest BCUT2D eigenvalue weighted by atomic mass is 9.92. The molecule has 7 heteroatoms. The van der Waals surface area contributed by atoms with Crippen LogP contribution in [-0.4, -0.2) is 24.1 Å². The molecule has 1 radical (unpaired) electrons. The Morgan fingerprint density at radius 2 is 1.97 bits per heavy atom. The number of esters is 2. The molecule has 0 aliphatic rings. The van der Waals surface area contributed by atoms with Gasteiger partial charge in [-0.3, -0.25) is 0 Å². The first-order chi connectivity index (χ1) is 15.4. The lowest BCUT2D eigenvalue weighted by Gasteiger charge is -2.26. The number of nitriles is 1. The maximum Gasteiger partial charge on any atom is 0.347 e. The molecule has 0 bridgehead atoms. The van der Waals surface area contributed by atoms with Gasteiger partial charge in [0.15, 0.2) is 17.2 Å². The van der Waals surface area contributed by atoms with Gasteiger partial charge in [0, 0.05) is 18.9 Å². The minimum absolute atomic E-state index is 0.135. The normalized spacial score (nSPS) is 12.2. The van der Waals surface area contributed by atoms with Crippen molar-refractivity contribution in [3.8, 4) is 17.6 Å². The molecular weight excluding hydrogens is 413 g/mol. The average molecular weight is 438 g/mol. The molecule has 0 aliphatic carbocycles. The fourth-order valence-electron chi connectivity index (χ4n) is 2.99. The van der Waals surface area contributed by atoms with E-state index in [1.807, 2.05) is 6.92 Å². The number of carbonyl (C=O) groups excluding carboxylic acids is 2. The van der Waals surface area contributed by atoms with E-state index in [2.05, 4.69) is 18.7 Å². The smallest absolute Gasteiger partial charge is 0.347 e. The van der Waals surface area contributed by atoms with Crippen molar-refractivity contribution in [2.75, 3.05) is 6.61 Å². The first-order valence-corrected chi connectivity index (χ1v) is 10.3. The van der Waals surface area contributed by atoms with Crippen LogP contribution in [0.5, 0.6) is 11.5 Å². The van der Waals surface area contributed by atoms with Crippen molar-refractivity contribution in [2.24, 2.45) is 0 Å². The molecule has 32 heavy (non-hydrogen) atoms. The monoisotopic (exact) mass is 438 g/mol. The number of hydrogen-bond acceptors (Lipinski definition) is 6. The first kappa shape index (κ1) is 24.6. The predicted octanol–water partition coefficient (Wildman–Crippen LogP) is 5.19. The number of halogens is 1. The van der Waals surface area contributed by atoms with Gasteiger partial charge in [0.1, 0.15) is 17.4 Å². The Kier molecular flexibility index (Phi) is 9.43. The number of unbranched alkanes of at least 4 members (excludes halogenated alkanes) is 1. The zero-order valence-electron chi connectivity index (χ0n) is 17.9. The molecule has 167 valence electrons. The van der Waals surface area contributed by atoms with Crippen molar-refractivity contribution >= 4 is 11.9 Å². The Labute approximate surface area is 187 Å². The van der Waals surface area contributed by atoms with Gasteiger partial charge in [-0.05, 0) is 43.2 Å². The van der Waals surface area contributed by atoms with Crippen LogP contribution in [0.1, 0.15) is 49.4 Å². The SMILES string of the molecule is C=CC(=O)OC(C#N)(CCCC)CCCOc1ccccc1C(=O)Oc1cc[c]cc1F. The van der Waals surface area contributed by atoms with Crippen LogP contribution in [0.2, 0.25) is 0 Å². The fourth-order valence-corrected chi connectivity index (χ4v) is 2.99. The molecule has 0 fully saturated rings. The number of hydrogen-bond donors (Lipinski definition) is 0. The summed E-state index contributed by atoms with van der Waals surface area (Å²) in [5, 5.41) is 9.65. The number of ether oxygens (including phenoxy) is 3. The highest BCUT2D eigenvalue weighted by atomic mass is 19.1. The summed E-state index contributed by atoms with van der Waals surface area (Å²) in [5.41, 5.74) is -1.12. The highest BCUT2D eigenvalue weighted by Crippen LogP contribution is 2.26. The second kappa shape index (κ2) is 12.3. The quantitative estimate of drug-likeness (QED) is 0.196. The van der Waals surface area contributed by atoms with Gasteiger partial charge in [0.25, 0.3) is 0 Å². The summed E-state index contributed by atoms with van der Waals surface area (Å²) < 4.78 is 30.0. The van der Waals surface area contributed by atoms with Crippen molar-refractivity contribution in [2.45, 2.75) is 44.6 Å². The van der Waals surface area contributed by atoms with E-state index in [0.29, 0.717) is 12.8 Å². The Balaban J connectivity index is 2.02. The Morgan fingerprint density at radius 3 is 2.66 bits per heavy atom. The molecule has 0 aromatic heterocycles. The molecule has 6 nitrogen and oxygen atoms in total. The van der Waals surface area contributed by atoms with E-state index in [1.165, 1.54) is 18.2 Å². The minimum Gasteiger partial charge on any atom is -0.493 e. The second-order valence-electron chi connectivity index (χ2n) is 7.03. The summed E-state index contributed by atoms with van der Waals surface area (Å²) in [6.07, 6.45) is 3.67. The standard InChI is InChI=1S/C25H25FNO5/c1-3-5-15-25(18-27,32-23(28)4-2)16-10-17-30-21-13-8-6-11-19(21)24(29)31-22-14-9-7-12-20(22)26/h4,6,8-9,11-14H,2-3,5,10,15-17H2,1H3. The van der Waals surface area contributed by atoms with Gasteiger partial charge in [-0.15, -0.1) is 0 Å². The van der Waals surface area contributed by atoms with Crippen LogP contribution in [0.3, 0.4) is 0 Å². The number of carbonyl (C=O) groups is 2. The van der Waals surface area contributed by atoms with Crippen LogP contribution in [0.25, 0.3) is 0 Å². The number of para-hydroxylation sites is 1. The van der Waals surface area contributed by atoms with E-state index in [4.69, 9.17) is 14.2 Å². The number of nitrogens with zero attached hydrogens (tertiary/aromatic N) is 1. The molecule has 2 aromatic carbocycles. The van der Waals surface area contributed by atoms with Crippen LogP contribution in [0.4, 0.5) is 4.39 Å². The third-order valence-corrected chi connectivity index (χ3v) is 4.67. The molecule has 2 rings (SSSR count). The lowest BCUT2D eigenvalue weighted by molar-refractivity contribution is -0.149. The molecule has 0 N–H and O–H groups in total. The van der Waals surface area contributed by atoms with Crippen molar-refractivity contribution in [3.05, 3.63) is 72.6 Å². The van der Waals surface area contributed by atoms with Gasteiger partial charge < -0.3 is 14.2 Å². The van der Waals surface area contributed by atoms with E-state index < -0.39 is 23.4 Å². The van der Waals surface area contributed by atoms with Crippen LogP contribution < -0.4 is 9.47 Å². The minimum atomic E-state index is -1.26. The van der Waals surface area contributed by atoms with Crippen molar-refractivity contribution in [1.82, 2.24) is 0 Å². The predicted molar refractivity (Wildman–Crippen MR) is 116 cm³/mol. The van der Waals surface area contributed by atoms with Crippen molar-refractivity contribution in [3.63, 3.8) is 0 Å². The summed E-state index contributed by atoms with van der Waals surface area (Å²) >= 11 is 0. The third-order valence-electron chi connectivity index (χ3n) is 4.67. The van der Waals surface area contributed by atoms with E-state index in [-0.39, 0.29) is 30.1 Å². The molecular formula is C25H25FNO5. The first-order valence-electron chi connectivity index (χ1n) is 10.3. The Morgan fingerprint density at radius 1 is 1.22 bits per heavy atom. The molecule has 0 aliphatic heterocycles. The second-order valence-corrected chi connectivity index (χ2v) is 7.03. The fraction of sp³-hybridized carbons (Fsp3) is 0.320. The van der Waals surface area contributed by atoms with Crippen molar-refractivity contribution in [1.29, 1.82) is 5.26 Å². The summed E-state index contributed by atoms with van der Waals surface area (Å²) in [5.74, 6) is -2.06. The van der Waals surface area contributed by atoms with Crippen LogP contribution in [0, 0.1) is 23.2 Å². The van der Waals surface area contributed by atoms with Gasteiger partial charge >= 0.3 is 11.9 Å². The summed E-state index contributed by atoms with van der Waals surface area (Å²) in [6.45, 7) is 5.53. The molecule has 0 saturated carbocycles. The van der Waals surface area contributed by atoms with E-state index >= 15 is 0 Å². The van der Waals surface area contributed by atoms with Crippen LogP contribution in [0.15, 0.2) is 55.1 Å². The molecule has 0 spiro atoms. The molecule has 1 unspecified atom stereocenters. The number of benzene rings is 2. The van der Waals surface area contributed by atoms with Crippen LogP contribution in [-0.2, 0) is 9.53 Å². The Bertz CT molecular complexity index is 984. The van der Waals surface area contributed by atoms with Gasteiger partial charge in [0.05, 0.1) is 6.61 Å². The molecule has 0 heterocycles. The average Bonchev–Trinajstić information content (AvgIpc) is 2.81. The van der Waals surface area contributed by atoms with E-state index in [9.17, 15) is 19.2 Å².